The molecular weight excluding hydrogens is 571 g/mol. The number of nitrogens with two attached hydrogens (primary N) is 1. The summed E-state index contributed by atoms with van der Waals surface area (Å²) >= 11 is 6.55. The van der Waals surface area contributed by atoms with Crippen LogP contribution in [0.4, 0.5) is 10.1 Å². The molecule has 1 aliphatic carbocycles. The molecule has 2 aromatic carbocycles. The fourth-order valence-corrected chi connectivity index (χ4v) is 5.21. The predicted molar refractivity (Wildman–Crippen MR) is 140 cm³/mol. The lowest BCUT2D eigenvalue weighted by atomic mass is 10.0. The van der Waals surface area contributed by atoms with E-state index in [0.717, 1.165) is 18.4 Å². The van der Waals surface area contributed by atoms with Gasteiger partial charge in [0.15, 0.2) is 0 Å². The normalized spacial score (nSPS) is 14.2. The fourth-order valence-electron chi connectivity index (χ4n) is 4.28. The lowest BCUT2D eigenvalue weighted by Crippen LogP contribution is -2.29. The molecule has 0 spiro atoms. The monoisotopic (exact) mass is 589 g/mol. The number of fused-ring (bicyclic) bond motifs is 1. The van der Waals surface area contributed by atoms with Crippen molar-refractivity contribution in [3.8, 4) is 11.3 Å². The molecule has 2 heterocycles. The van der Waals surface area contributed by atoms with Gasteiger partial charge < -0.3 is 14.6 Å². The topological polar surface area (TPSA) is 104 Å². The van der Waals surface area contributed by atoms with Crippen molar-refractivity contribution in [3.05, 3.63) is 86.7 Å². The Labute approximate surface area is 222 Å². The maximum absolute atomic E-state index is 14.0. The summed E-state index contributed by atoms with van der Waals surface area (Å²) in [5, 5.41) is 5.13. The lowest BCUT2D eigenvalue weighted by Gasteiger charge is -2.28. The summed E-state index contributed by atoms with van der Waals surface area (Å²) in [4.78, 5) is 12.5. The second-order valence-electron chi connectivity index (χ2n) is 8.63. The molecule has 5 rings (SSSR count). The Kier molecular flexibility index (Phi) is 6.86. The molecule has 1 atom stereocenters. The summed E-state index contributed by atoms with van der Waals surface area (Å²) in [6.45, 7) is 0.108. The first kappa shape index (κ1) is 24.9. The first-order chi connectivity index (χ1) is 17.2. The van der Waals surface area contributed by atoms with Crippen molar-refractivity contribution < 1.29 is 17.9 Å². The number of primary amides is 1. The fraction of sp³-hybridized carbons (Fsp3) is 0.200. The number of amides is 1. The summed E-state index contributed by atoms with van der Waals surface area (Å²) in [5.41, 5.74) is 9.50. The summed E-state index contributed by atoms with van der Waals surface area (Å²) in [5.74, 6) is -0.880. The minimum atomic E-state index is -2.59. The summed E-state index contributed by atoms with van der Waals surface area (Å²) in [7, 11) is 0. The molecule has 1 aliphatic rings. The zero-order valence-electron chi connectivity index (χ0n) is 18.8. The molecule has 36 heavy (non-hydrogen) atoms. The number of halogens is 3. The lowest BCUT2D eigenvalue weighted by molar-refractivity contribution is 0.100. The Morgan fingerprint density at radius 1 is 1.25 bits per heavy atom. The van der Waals surface area contributed by atoms with E-state index in [1.807, 2.05) is 0 Å². The van der Waals surface area contributed by atoms with Crippen LogP contribution in [0.5, 0.6) is 0 Å². The highest BCUT2D eigenvalue weighted by atomic mass is 79.9. The van der Waals surface area contributed by atoms with Gasteiger partial charge in [0, 0.05) is 28.4 Å². The first-order valence-corrected chi connectivity index (χ1v) is 13.4. The molecule has 0 bridgehead atoms. The number of nitrogens with zero attached hydrogens (tertiary/aromatic N) is 3. The molecule has 4 aromatic rings. The Balaban J connectivity index is 1.60. The van der Waals surface area contributed by atoms with Crippen LogP contribution in [0.3, 0.4) is 0 Å². The highest BCUT2D eigenvalue weighted by Gasteiger charge is 2.31. The van der Waals surface area contributed by atoms with Crippen LogP contribution >= 0.6 is 27.5 Å². The second-order valence-corrected chi connectivity index (χ2v) is 10.8. The largest absolute Gasteiger partial charge is 0.755 e. The zero-order chi connectivity index (χ0) is 25.6. The predicted octanol–water partition coefficient (Wildman–Crippen LogP) is 5.38. The molecule has 2 aromatic heterocycles. The Morgan fingerprint density at radius 2 is 1.97 bits per heavy atom. The third-order valence-electron chi connectivity index (χ3n) is 6.20. The van der Waals surface area contributed by atoms with E-state index < -0.39 is 23.0 Å². The Bertz CT molecular complexity index is 1510. The summed E-state index contributed by atoms with van der Waals surface area (Å²) in [6, 6.07) is 13.4. The molecule has 1 saturated carbocycles. The van der Waals surface area contributed by atoms with E-state index in [4.69, 9.17) is 17.3 Å². The van der Waals surface area contributed by atoms with E-state index in [2.05, 4.69) is 21.0 Å². The van der Waals surface area contributed by atoms with Gasteiger partial charge in [-0.25, -0.2) is 8.91 Å². The van der Waals surface area contributed by atoms with E-state index >= 15 is 0 Å². The molecular formula is C25H20BrClFN4O3S-. The van der Waals surface area contributed by atoms with Crippen molar-refractivity contribution in [2.45, 2.75) is 25.2 Å². The van der Waals surface area contributed by atoms with Gasteiger partial charge in [0.25, 0.3) is 5.91 Å². The van der Waals surface area contributed by atoms with Crippen molar-refractivity contribution in [3.63, 3.8) is 0 Å². The van der Waals surface area contributed by atoms with Gasteiger partial charge in [-0.3, -0.25) is 9.00 Å². The second kappa shape index (κ2) is 9.93. The van der Waals surface area contributed by atoms with Crippen molar-refractivity contribution in [1.29, 1.82) is 0 Å². The van der Waals surface area contributed by atoms with Gasteiger partial charge in [-0.05, 0) is 82.6 Å². The van der Waals surface area contributed by atoms with Gasteiger partial charge in [-0.2, -0.15) is 5.10 Å². The van der Waals surface area contributed by atoms with Crippen molar-refractivity contribution in [1.82, 2.24) is 9.61 Å². The van der Waals surface area contributed by atoms with Crippen LogP contribution in [-0.4, -0.2) is 30.8 Å². The van der Waals surface area contributed by atoms with Gasteiger partial charge in [0.1, 0.15) is 11.5 Å². The van der Waals surface area contributed by atoms with E-state index in [1.165, 1.54) is 14.9 Å². The molecule has 1 unspecified atom stereocenters. The van der Waals surface area contributed by atoms with Crippen molar-refractivity contribution in [2.24, 2.45) is 5.73 Å². The number of hydrogen-bond acceptors (Lipinski definition) is 4. The standard InChI is InChI=1S/C25H21BrClFN4O3S/c26-19-8-1-14(11-20(19)28)9-10-32(36(34)35)22-13-31-21(12-18(22)15-2-3-15)23(25(29)33)24(30-31)16-4-6-17(27)7-5-16/h1,4-8,11-13,15H,2-3,9-10H2,(H2,29,33)(H,34,35)/p-1. The maximum atomic E-state index is 14.0. The molecule has 0 radical (unpaired) electrons. The van der Waals surface area contributed by atoms with Crippen LogP contribution in [0, 0.1) is 5.82 Å². The van der Waals surface area contributed by atoms with Gasteiger partial charge >= 0.3 is 0 Å². The van der Waals surface area contributed by atoms with Gasteiger partial charge in [-0.15, -0.1) is 0 Å². The Morgan fingerprint density at radius 3 is 2.58 bits per heavy atom. The highest BCUT2D eigenvalue weighted by molar-refractivity contribution is 9.10. The van der Waals surface area contributed by atoms with Crippen LogP contribution < -0.4 is 10.0 Å². The maximum Gasteiger partial charge on any atom is 0.253 e. The van der Waals surface area contributed by atoms with Crippen LogP contribution in [0.2, 0.25) is 5.02 Å². The van der Waals surface area contributed by atoms with Gasteiger partial charge in [0.2, 0.25) is 0 Å². The van der Waals surface area contributed by atoms with Crippen molar-refractivity contribution in [2.75, 3.05) is 10.8 Å². The summed E-state index contributed by atoms with van der Waals surface area (Å²) < 4.78 is 41.7. The number of anilines is 1. The molecule has 0 saturated heterocycles. The van der Waals surface area contributed by atoms with Gasteiger partial charge in [-0.1, -0.05) is 29.8 Å². The van der Waals surface area contributed by atoms with Crippen LogP contribution in [0.25, 0.3) is 16.8 Å². The number of aromatic nitrogens is 2. The van der Waals surface area contributed by atoms with Gasteiger partial charge in [0.05, 0.1) is 27.4 Å². The minimum Gasteiger partial charge on any atom is -0.755 e. The van der Waals surface area contributed by atoms with E-state index in [-0.39, 0.29) is 18.0 Å². The molecule has 11 heteroatoms. The number of hydrogen-bond donors (Lipinski definition) is 1. The first-order valence-electron chi connectivity index (χ1n) is 11.2. The number of carbonyl (C=O) groups is 1. The van der Waals surface area contributed by atoms with E-state index in [9.17, 15) is 17.9 Å². The molecule has 186 valence electrons. The molecule has 1 amide bonds. The third-order valence-corrected chi connectivity index (χ3v) is 7.83. The van der Waals surface area contributed by atoms with Crippen molar-refractivity contribution >= 4 is 55.9 Å². The Hall–Kier alpha value is -2.79. The highest BCUT2D eigenvalue weighted by Crippen LogP contribution is 2.46. The number of rotatable bonds is 8. The van der Waals surface area contributed by atoms with Crippen LogP contribution in [-0.2, 0) is 17.7 Å². The number of carbonyl (C=O) groups excluding carboxylic acids is 1. The van der Waals surface area contributed by atoms with Crippen LogP contribution in [0.1, 0.15) is 40.2 Å². The average molecular weight is 591 g/mol. The third kappa shape index (κ3) is 4.90. The zero-order valence-corrected chi connectivity index (χ0v) is 21.9. The quantitative estimate of drug-likeness (QED) is 0.278. The minimum absolute atomic E-state index is 0.108. The van der Waals surface area contributed by atoms with Crippen LogP contribution in [0.15, 0.2) is 59.2 Å². The van der Waals surface area contributed by atoms with E-state index in [1.54, 1.807) is 48.7 Å². The molecule has 2 N–H and O–H groups in total. The molecule has 1 fully saturated rings. The number of benzene rings is 2. The summed E-state index contributed by atoms with van der Waals surface area (Å²) in [6.07, 6.45) is 3.74. The molecule has 7 nitrogen and oxygen atoms in total. The van der Waals surface area contributed by atoms with E-state index in [0.29, 0.717) is 43.9 Å². The smallest absolute Gasteiger partial charge is 0.253 e. The number of pyridine rings is 1. The average Bonchev–Trinajstić information content (AvgIpc) is 3.61. The SMILES string of the molecule is NC(=O)c1c(-c2ccc(Cl)cc2)nn2cc(N(CCc3ccc(Br)c(F)c3)S(=O)[O-])c(C3CC3)cc12. The molecule has 0 aliphatic heterocycles.